The van der Waals surface area contributed by atoms with Crippen LogP contribution in [0.4, 0.5) is 0 Å². The fourth-order valence-corrected chi connectivity index (χ4v) is 4.93. The highest BCUT2D eigenvalue weighted by Crippen LogP contribution is 2.34. The van der Waals surface area contributed by atoms with Crippen LogP contribution < -0.4 is 9.47 Å². The van der Waals surface area contributed by atoms with E-state index in [0.717, 1.165) is 36.0 Å². The quantitative estimate of drug-likeness (QED) is 0.572. The summed E-state index contributed by atoms with van der Waals surface area (Å²) in [5.41, 5.74) is 2.72. The molecular formula is C27H30N2O5. The van der Waals surface area contributed by atoms with Crippen LogP contribution in [0.5, 0.6) is 11.5 Å². The third-order valence-electron chi connectivity index (χ3n) is 6.76. The average molecular weight is 463 g/mol. The summed E-state index contributed by atoms with van der Waals surface area (Å²) < 4.78 is 17.2. The highest BCUT2D eigenvalue weighted by Gasteiger charge is 2.25. The lowest BCUT2D eigenvalue weighted by molar-refractivity contribution is -0.133. The number of furan rings is 1. The molecule has 5 rings (SSSR count). The molecule has 1 saturated heterocycles. The molecule has 0 bridgehead atoms. The van der Waals surface area contributed by atoms with Gasteiger partial charge in [-0.05, 0) is 56.0 Å². The molecule has 2 amide bonds. The molecular weight excluding hydrogens is 432 g/mol. The number of para-hydroxylation sites is 1. The molecule has 2 aliphatic rings. The Balaban J connectivity index is 1.19. The van der Waals surface area contributed by atoms with Gasteiger partial charge in [0.1, 0.15) is 22.8 Å². The number of carbonyl (C=O) groups is 2. The number of ether oxygens (including phenoxy) is 2. The standard InChI is InChI=1S/C27H30N2O5/c1-32-23-9-4-3-8-21(23)27(31)29-14-6-13-28(15-16-29)26(30)18-33-19-11-12-25-22(17-19)20-7-2-5-10-24(20)34-25/h3-4,8-9,11-12,17H,2,5-7,10,13-16,18H2,1H3. The second-order valence-electron chi connectivity index (χ2n) is 8.88. The van der Waals surface area contributed by atoms with Crippen molar-refractivity contribution >= 4 is 22.8 Å². The third-order valence-corrected chi connectivity index (χ3v) is 6.76. The van der Waals surface area contributed by atoms with Crippen molar-refractivity contribution in [2.45, 2.75) is 32.1 Å². The Kier molecular flexibility index (Phi) is 6.43. The van der Waals surface area contributed by atoms with Crippen molar-refractivity contribution in [2.24, 2.45) is 0 Å². The predicted molar refractivity (Wildman–Crippen MR) is 128 cm³/mol. The molecule has 1 fully saturated rings. The van der Waals surface area contributed by atoms with Crippen molar-refractivity contribution in [1.29, 1.82) is 0 Å². The molecule has 1 aliphatic carbocycles. The van der Waals surface area contributed by atoms with Crippen LogP contribution in [0.3, 0.4) is 0 Å². The maximum absolute atomic E-state index is 13.0. The highest BCUT2D eigenvalue weighted by molar-refractivity contribution is 5.97. The Morgan fingerprint density at radius 3 is 2.62 bits per heavy atom. The minimum atomic E-state index is -0.0697. The first-order chi connectivity index (χ1) is 16.6. The van der Waals surface area contributed by atoms with Crippen LogP contribution >= 0.6 is 0 Å². The summed E-state index contributed by atoms with van der Waals surface area (Å²) in [6.45, 7) is 2.15. The van der Waals surface area contributed by atoms with Gasteiger partial charge in [0.05, 0.1) is 12.7 Å². The number of hydrogen-bond donors (Lipinski definition) is 0. The number of carbonyl (C=O) groups excluding carboxylic acids is 2. The minimum absolute atomic E-state index is 0.0218. The van der Waals surface area contributed by atoms with Gasteiger partial charge in [-0.25, -0.2) is 0 Å². The predicted octanol–water partition coefficient (Wildman–Crippen LogP) is 4.07. The van der Waals surface area contributed by atoms with Crippen LogP contribution in [0.15, 0.2) is 46.9 Å². The number of fused-ring (bicyclic) bond motifs is 3. The van der Waals surface area contributed by atoms with Gasteiger partial charge in [0.15, 0.2) is 6.61 Å². The molecule has 0 saturated carbocycles. The first-order valence-electron chi connectivity index (χ1n) is 12.0. The zero-order chi connectivity index (χ0) is 23.5. The molecule has 0 unspecified atom stereocenters. The van der Waals surface area contributed by atoms with Gasteiger partial charge < -0.3 is 23.7 Å². The Labute approximate surface area is 199 Å². The largest absolute Gasteiger partial charge is 0.496 e. The van der Waals surface area contributed by atoms with Gasteiger partial charge in [-0.1, -0.05) is 12.1 Å². The number of methoxy groups -OCH3 is 1. The van der Waals surface area contributed by atoms with Gasteiger partial charge in [0.25, 0.3) is 11.8 Å². The van der Waals surface area contributed by atoms with Crippen molar-refractivity contribution in [3.05, 3.63) is 59.4 Å². The molecule has 2 aromatic carbocycles. The first kappa shape index (κ1) is 22.3. The highest BCUT2D eigenvalue weighted by atomic mass is 16.5. The molecule has 0 atom stereocenters. The maximum Gasteiger partial charge on any atom is 0.260 e. The Morgan fingerprint density at radius 2 is 1.74 bits per heavy atom. The first-order valence-corrected chi connectivity index (χ1v) is 12.0. The van der Waals surface area contributed by atoms with E-state index >= 15 is 0 Å². The Morgan fingerprint density at radius 1 is 0.941 bits per heavy atom. The molecule has 1 aromatic heterocycles. The monoisotopic (exact) mass is 462 g/mol. The van der Waals surface area contributed by atoms with E-state index in [1.807, 2.05) is 30.3 Å². The SMILES string of the molecule is COc1ccccc1C(=O)N1CCCN(C(=O)COc2ccc3oc4c(c3c2)CCCC4)CC1. The lowest BCUT2D eigenvalue weighted by atomic mass is 9.96. The van der Waals surface area contributed by atoms with E-state index in [1.54, 1.807) is 29.0 Å². The fraction of sp³-hybridized carbons (Fsp3) is 0.407. The number of benzene rings is 2. The number of amides is 2. The molecule has 0 N–H and O–H groups in total. The van der Waals surface area contributed by atoms with E-state index in [4.69, 9.17) is 13.9 Å². The topological polar surface area (TPSA) is 72.2 Å². The van der Waals surface area contributed by atoms with Gasteiger partial charge in [0, 0.05) is 43.5 Å². The Hall–Kier alpha value is -3.48. The van der Waals surface area contributed by atoms with Gasteiger partial charge in [0.2, 0.25) is 0 Å². The van der Waals surface area contributed by atoms with E-state index in [0.29, 0.717) is 43.2 Å². The summed E-state index contributed by atoms with van der Waals surface area (Å²) in [5, 5.41) is 1.10. The average Bonchev–Trinajstić information content (AvgIpc) is 3.06. The molecule has 0 spiro atoms. The molecule has 34 heavy (non-hydrogen) atoms. The zero-order valence-corrected chi connectivity index (χ0v) is 19.5. The summed E-state index contributed by atoms with van der Waals surface area (Å²) in [6, 6.07) is 13.0. The smallest absolute Gasteiger partial charge is 0.260 e. The van der Waals surface area contributed by atoms with Crippen molar-refractivity contribution in [3.8, 4) is 11.5 Å². The van der Waals surface area contributed by atoms with Gasteiger partial charge in [-0.15, -0.1) is 0 Å². The third kappa shape index (κ3) is 4.47. The van der Waals surface area contributed by atoms with Crippen molar-refractivity contribution in [1.82, 2.24) is 9.80 Å². The van der Waals surface area contributed by atoms with Crippen LogP contribution in [0.25, 0.3) is 11.0 Å². The van der Waals surface area contributed by atoms with Crippen LogP contribution in [0.1, 0.15) is 40.9 Å². The molecule has 1 aliphatic heterocycles. The zero-order valence-electron chi connectivity index (χ0n) is 19.5. The van der Waals surface area contributed by atoms with E-state index in [9.17, 15) is 9.59 Å². The minimum Gasteiger partial charge on any atom is -0.496 e. The van der Waals surface area contributed by atoms with E-state index < -0.39 is 0 Å². The molecule has 7 nitrogen and oxygen atoms in total. The van der Waals surface area contributed by atoms with Gasteiger partial charge >= 0.3 is 0 Å². The van der Waals surface area contributed by atoms with Crippen molar-refractivity contribution in [3.63, 3.8) is 0 Å². The summed E-state index contributed by atoms with van der Waals surface area (Å²) in [7, 11) is 1.56. The van der Waals surface area contributed by atoms with Crippen molar-refractivity contribution < 1.29 is 23.5 Å². The van der Waals surface area contributed by atoms with Crippen LogP contribution in [-0.2, 0) is 17.6 Å². The molecule has 3 aromatic rings. The lowest BCUT2D eigenvalue weighted by Gasteiger charge is -2.23. The van der Waals surface area contributed by atoms with Crippen molar-refractivity contribution in [2.75, 3.05) is 39.9 Å². The van der Waals surface area contributed by atoms with Gasteiger partial charge in [-0.2, -0.15) is 0 Å². The summed E-state index contributed by atoms with van der Waals surface area (Å²) in [5.74, 6) is 2.19. The van der Waals surface area contributed by atoms with Crippen LogP contribution in [-0.4, -0.2) is 61.5 Å². The van der Waals surface area contributed by atoms with E-state index in [2.05, 4.69) is 0 Å². The maximum atomic E-state index is 13.0. The van der Waals surface area contributed by atoms with E-state index in [-0.39, 0.29) is 18.4 Å². The second kappa shape index (κ2) is 9.79. The molecule has 178 valence electrons. The summed E-state index contributed by atoms with van der Waals surface area (Å²) >= 11 is 0. The van der Waals surface area contributed by atoms with E-state index in [1.165, 1.54) is 18.4 Å². The lowest BCUT2D eigenvalue weighted by Crippen LogP contribution is -2.39. The number of nitrogens with zero attached hydrogens (tertiary/aromatic N) is 2. The fourth-order valence-electron chi connectivity index (χ4n) is 4.93. The number of aryl methyl sites for hydroxylation is 2. The normalized spacial score (nSPS) is 16.1. The van der Waals surface area contributed by atoms with Crippen LogP contribution in [0.2, 0.25) is 0 Å². The summed E-state index contributed by atoms with van der Waals surface area (Å²) in [4.78, 5) is 29.5. The Bertz CT molecular complexity index is 1200. The molecule has 0 radical (unpaired) electrons. The number of hydrogen-bond acceptors (Lipinski definition) is 5. The second-order valence-corrected chi connectivity index (χ2v) is 8.88. The molecule has 2 heterocycles. The summed E-state index contributed by atoms with van der Waals surface area (Å²) in [6.07, 6.45) is 5.09. The molecule has 7 heteroatoms. The van der Waals surface area contributed by atoms with Crippen LogP contribution in [0, 0.1) is 0 Å². The van der Waals surface area contributed by atoms with Gasteiger partial charge in [-0.3, -0.25) is 9.59 Å². The number of rotatable bonds is 5.